The molecule has 2 heterocycles. The molecule has 0 bridgehead atoms. The van der Waals surface area contributed by atoms with Gasteiger partial charge in [0.15, 0.2) is 11.8 Å². The average molecular weight is 351 g/mol. The Morgan fingerprint density at radius 1 is 1.13 bits per heavy atom. The van der Waals surface area contributed by atoms with Gasteiger partial charge >= 0.3 is 0 Å². The number of nitrogens with zero attached hydrogens (tertiary/aromatic N) is 4. The number of H-pyrrole nitrogens is 1. The van der Waals surface area contributed by atoms with E-state index in [1.807, 2.05) is 22.8 Å². The van der Waals surface area contributed by atoms with Crippen LogP contribution in [0.25, 0.3) is 11.2 Å². The quantitative estimate of drug-likeness (QED) is 0.717. The van der Waals surface area contributed by atoms with Crippen LogP contribution >= 0.6 is 23.2 Å². The summed E-state index contributed by atoms with van der Waals surface area (Å²) in [5, 5.41) is 1.28. The SMILES string of the molecule is CCN(CC)c1nc[n+](Cc2c(Cl)cccc2Cl)c2nc[nH]c12. The van der Waals surface area contributed by atoms with Crippen LogP contribution in [0.1, 0.15) is 19.4 Å². The van der Waals surface area contributed by atoms with E-state index in [1.165, 1.54) is 0 Å². The molecule has 3 rings (SSSR count). The third-order valence-corrected chi connectivity index (χ3v) is 4.60. The molecule has 0 amide bonds. The van der Waals surface area contributed by atoms with Gasteiger partial charge in [0.25, 0.3) is 5.65 Å². The standard InChI is InChI=1S/C16H17Cl2N5/c1-3-22(4-2)16-14-15(20-9-19-14)23(10-21-16)8-11-12(17)6-5-7-13(11)18/h5-7,9-10H,3-4,8H2,1-2H3/p+1. The molecule has 1 N–H and O–H groups in total. The van der Waals surface area contributed by atoms with E-state index < -0.39 is 0 Å². The number of hydrogen-bond donors (Lipinski definition) is 1. The lowest BCUT2D eigenvalue weighted by Gasteiger charge is -2.17. The lowest BCUT2D eigenvalue weighted by molar-refractivity contribution is -0.667. The van der Waals surface area contributed by atoms with Gasteiger partial charge in [0.2, 0.25) is 12.1 Å². The fourth-order valence-corrected chi connectivity index (χ4v) is 3.16. The maximum absolute atomic E-state index is 6.28. The van der Waals surface area contributed by atoms with Crippen molar-refractivity contribution in [2.24, 2.45) is 0 Å². The van der Waals surface area contributed by atoms with Gasteiger partial charge in [-0.1, -0.05) is 39.2 Å². The van der Waals surface area contributed by atoms with E-state index >= 15 is 0 Å². The van der Waals surface area contributed by atoms with Crippen molar-refractivity contribution < 1.29 is 4.57 Å². The third kappa shape index (κ3) is 2.99. The maximum Gasteiger partial charge on any atom is 0.293 e. The number of fused-ring (bicyclic) bond motifs is 1. The number of aromatic amines is 1. The zero-order chi connectivity index (χ0) is 16.4. The number of imidazole rings is 1. The second kappa shape index (κ2) is 6.72. The van der Waals surface area contributed by atoms with E-state index in [-0.39, 0.29) is 0 Å². The highest BCUT2D eigenvalue weighted by Crippen LogP contribution is 2.25. The first-order valence-electron chi connectivity index (χ1n) is 7.55. The number of halogens is 2. The van der Waals surface area contributed by atoms with Gasteiger partial charge in [0.05, 0.1) is 6.54 Å². The summed E-state index contributed by atoms with van der Waals surface area (Å²) >= 11 is 12.6. The molecule has 0 saturated heterocycles. The van der Waals surface area contributed by atoms with Crippen LogP contribution in [0.15, 0.2) is 30.9 Å². The molecule has 0 aliphatic heterocycles. The van der Waals surface area contributed by atoms with Crippen molar-refractivity contribution >= 4 is 40.2 Å². The van der Waals surface area contributed by atoms with E-state index in [9.17, 15) is 0 Å². The normalized spacial score (nSPS) is 11.1. The summed E-state index contributed by atoms with van der Waals surface area (Å²) in [6, 6.07) is 5.51. The molecular formula is C16H18Cl2N5+. The van der Waals surface area contributed by atoms with E-state index in [4.69, 9.17) is 23.2 Å². The molecule has 0 spiro atoms. The Labute approximate surface area is 144 Å². The molecule has 120 valence electrons. The van der Waals surface area contributed by atoms with Gasteiger partial charge in [-0.2, -0.15) is 0 Å². The van der Waals surface area contributed by atoms with Crippen molar-refractivity contribution in [3.05, 3.63) is 46.5 Å². The van der Waals surface area contributed by atoms with Crippen molar-refractivity contribution in [3.63, 3.8) is 0 Å². The Balaban J connectivity index is 2.07. The monoisotopic (exact) mass is 350 g/mol. The molecule has 0 aliphatic carbocycles. The zero-order valence-corrected chi connectivity index (χ0v) is 14.6. The number of hydrogen-bond acceptors (Lipinski definition) is 3. The van der Waals surface area contributed by atoms with Crippen molar-refractivity contribution in [1.82, 2.24) is 15.0 Å². The fraction of sp³-hybridized carbons (Fsp3) is 0.312. The van der Waals surface area contributed by atoms with E-state index in [2.05, 4.69) is 33.7 Å². The number of aromatic nitrogens is 4. The summed E-state index contributed by atoms with van der Waals surface area (Å²) < 4.78 is 1.95. The van der Waals surface area contributed by atoms with Gasteiger partial charge in [-0.3, -0.25) is 0 Å². The zero-order valence-electron chi connectivity index (χ0n) is 13.1. The van der Waals surface area contributed by atoms with E-state index in [0.29, 0.717) is 16.6 Å². The Bertz CT molecular complexity index is 806. The van der Waals surface area contributed by atoms with Gasteiger partial charge in [-0.25, -0.2) is 4.57 Å². The summed E-state index contributed by atoms with van der Waals surface area (Å²) in [6.07, 6.45) is 3.47. The lowest BCUT2D eigenvalue weighted by atomic mass is 10.2. The fourth-order valence-electron chi connectivity index (χ4n) is 2.65. The largest absolute Gasteiger partial charge is 0.342 e. The van der Waals surface area contributed by atoms with E-state index in [0.717, 1.165) is 35.6 Å². The Morgan fingerprint density at radius 2 is 1.83 bits per heavy atom. The molecule has 0 aliphatic rings. The molecule has 1 aromatic carbocycles. The van der Waals surface area contributed by atoms with Gasteiger partial charge in [0.1, 0.15) is 0 Å². The highest BCUT2D eigenvalue weighted by atomic mass is 35.5. The molecule has 0 saturated carbocycles. The van der Waals surface area contributed by atoms with Gasteiger partial charge in [0, 0.05) is 28.7 Å². The molecule has 3 aromatic rings. The highest BCUT2D eigenvalue weighted by molar-refractivity contribution is 6.35. The Morgan fingerprint density at radius 3 is 2.48 bits per heavy atom. The molecule has 0 fully saturated rings. The minimum atomic E-state index is 0.519. The molecule has 0 radical (unpaired) electrons. The summed E-state index contributed by atoms with van der Waals surface area (Å²) in [7, 11) is 0. The van der Waals surface area contributed by atoms with Crippen LogP contribution in [0.4, 0.5) is 5.82 Å². The number of nitrogens with one attached hydrogen (secondary N) is 1. The number of benzene rings is 1. The van der Waals surface area contributed by atoms with E-state index in [1.54, 1.807) is 12.7 Å². The van der Waals surface area contributed by atoms with Crippen LogP contribution in [-0.4, -0.2) is 28.0 Å². The second-order valence-corrected chi connectivity index (χ2v) is 5.98. The maximum atomic E-state index is 6.28. The minimum Gasteiger partial charge on any atom is -0.342 e. The predicted molar refractivity (Wildman–Crippen MR) is 93.2 cm³/mol. The molecule has 2 aromatic heterocycles. The first-order chi connectivity index (χ1) is 11.2. The highest BCUT2D eigenvalue weighted by Gasteiger charge is 2.21. The molecular weight excluding hydrogens is 333 g/mol. The lowest BCUT2D eigenvalue weighted by Crippen LogP contribution is -2.37. The average Bonchev–Trinajstić information content (AvgIpc) is 3.03. The Hall–Kier alpha value is -1.85. The first kappa shape index (κ1) is 16.0. The molecule has 0 atom stereocenters. The summed E-state index contributed by atoms with van der Waals surface area (Å²) in [5.74, 6) is 0.906. The van der Waals surface area contributed by atoms with Gasteiger partial charge < -0.3 is 9.88 Å². The number of anilines is 1. The Kier molecular flexibility index (Phi) is 4.68. The predicted octanol–water partition coefficient (Wildman–Crippen LogP) is 3.45. The van der Waals surface area contributed by atoms with Gasteiger partial charge in [-0.15, -0.1) is 0 Å². The van der Waals surface area contributed by atoms with Crippen molar-refractivity contribution in [2.45, 2.75) is 20.4 Å². The topological polar surface area (TPSA) is 48.7 Å². The summed E-state index contributed by atoms with van der Waals surface area (Å²) in [5.41, 5.74) is 2.61. The summed E-state index contributed by atoms with van der Waals surface area (Å²) in [4.78, 5) is 14.4. The van der Waals surface area contributed by atoms with Gasteiger partial charge in [-0.05, 0) is 26.0 Å². The smallest absolute Gasteiger partial charge is 0.293 e. The second-order valence-electron chi connectivity index (χ2n) is 5.17. The van der Waals surface area contributed by atoms with Crippen molar-refractivity contribution in [2.75, 3.05) is 18.0 Å². The van der Waals surface area contributed by atoms with Crippen LogP contribution in [0.2, 0.25) is 10.0 Å². The van der Waals surface area contributed by atoms with Crippen molar-refractivity contribution in [1.29, 1.82) is 0 Å². The third-order valence-electron chi connectivity index (χ3n) is 3.89. The van der Waals surface area contributed by atoms with Crippen LogP contribution in [0.5, 0.6) is 0 Å². The number of rotatable bonds is 5. The van der Waals surface area contributed by atoms with Crippen LogP contribution < -0.4 is 9.47 Å². The first-order valence-corrected chi connectivity index (χ1v) is 8.30. The van der Waals surface area contributed by atoms with Crippen molar-refractivity contribution in [3.8, 4) is 0 Å². The van der Waals surface area contributed by atoms with Crippen LogP contribution in [-0.2, 0) is 6.54 Å². The summed E-state index contributed by atoms with van der Waals surface area (Å²) in [6.45, 7) is 6.51. The molecule has 5 nitrogen and oxygen atoms in total. The minimum absolute atomic E-state index is 0.519. The molecule has 23 heavy (non-hydrogen) atoms. The molecule has 7 heteroatoms. The van der Waals surface area contributed by atoms with Crippen LogP contribution in [0, 0.1) is 0 Å². The molecule has 0 unspecified atom stereocenters. The van der Waals surface area contributed by atoms with Crippen LogP contribution in [0.3, 0.4) is 0 Å².